The van der Waals surface area contributed by atoms with Gasteiger partial charge in [0, 0.05) is 6.61 Å². The maximum Gasteiger partial charge on any atom is 0.191 e. The van der Waals surface area contributed by atoms with Gasteiger partial charge < -0.3 is 4.43 Å². The van der Waals surface area contributed by atoms with Crippen molar-refractivity contribution in [3.8, 4) is 0 Å². The Balaban J connectivity index is 3.23. The first-order valence-corrected chi connectivity index (χ1v) is 13.9. The number of hydrogen-bond acceptors (Lipinski definition) is 1. The molecule has 0 aromatic carbocycles. The predicted molar refractivity (Wildman–Crippen MR) is 113 cm³/mol. The Morgan fingerprint density at radius 2 is 0.792 bits per heavy atom. The first kappa shape index (κ1) is 24.2. The van der Waals surface area contributed by atoms with Gasteiger partial charge in [0.15, 0.2) is 8.32 Å². The van der Waals surface area contributed by atoms with Crippen LogP contribution in [0.2, 0.25) is 18.1 Å². The maximum atomic E-state index is 6.32. The SMILES string of the molecule is CCCCCCCCCCCCCCCCO[Si](CC)(CC)CC. The Hall–Kier alpha value is 0.177. The molecular formula is C22H48OSi. The molecule has 0 spiro atoms. The molecule has 0 amide bonds. The fourth-order valence-corrected chi connectivity index (χ4v) is 6.33. The van der Waals surface area contributed by atoms with E-state index in [1.54, 1.807) is 0 Å². The Kier molecular flexibility index (Phi) is 18.1. The van der Waals surface area contributed by atoms with Gasteiger partial charge in [-0.3, -0.25) is 0 Å². The summed E-state index contributed by atoms with van der Waals surface area (Å²) >= 11 is 0. The van der Waals surface area contributed by atoms with Crippen LogP contribution in [0.5, 0.6) is 0 Å². The van der Waals surface area contributed by atoms with E-state index in [1.165, 1.54) is 108 Å². The van der Waals surface area contributed by atoms with E-state index in [2.05, 4.69) is 27.7 Å². The highest BCUT2D eigenvalue weighted by Crippen LogP contribution is 2.22. The van der Waals surface area contributed by atoms with Crippen LogP contribution in [0.15, 0.2) is 0 Å². The average Bonchev–Trinajstić information content (AvgIpc) is 2.62. The molecule has 0 rings (SSSR count). The lowest BCUT2D eigenvalue weighted by molar-refractivity contribution is 0.287. The third kappa shape index (κ3) is 13.5. The van der Waals surface area contributed by atoms with Crippen molar-refractivity contribution in [3.63, 3.8) is 0 Å². The Bertz CT molecular complexity index is 230. The molecular weight excluding hydrogens is 308 g/mol. The highest BCUT2D eigenvalue weighted by molar-refractivity contribution is 6.73. The van der Waals surface area contributed by atoms with E-state index in [9.17, 15) is 0 Å². The van der Waals surface area contributed by atoms with Crippen molar-refractivity contribution in [2.45, 2.75) is 136 Å². The van der Waals surface area contributed by atoms with Crippen LogP contribution in [0.3, 0.4) is 0 Å². The Morgan fingerprint density at radius 3 is 1.12 bits per heavy atom. The molecule has 146 valence electrons. The lowest BCUT2D eigenvalue weighted by atomic mass is 10.0. The van der Waals surface area contributed by atoms with Gasteiger partial charge in [-0.15, -0.1) is 0 Å². The molecule has 0 bridgehead atoms. The second-order valence-electron chi connectivity index (χ2n) is 7.69. The first-order valence-electron chi connectivity index (χ1n) is 11.4. The van der Waals surface area contributed by atoms with E-state index in [0.29, 0.717) is 0 Å². The van der Waals surface area contributed by atoms with Crippen molar-refractivity contribution < 1.29 is 4.43 Å². The highest BCUT2D eigenvalue weighted by atomic mass is 28.4. The fourth-order valence-electron chi connectivity index (χ4n) is 3.64. The van der Waals surface area contributed by atoms with Gasteiger partial charge in [0.1, 0.15) is 0 Å². The van der Waals surface area contributed by atoms with Crippen LogP contribution in [-0.4, -0.2) is 14.9 Å². The van der Waals surface area contributed by atoms with E-state index in [4.69, 9.17) is 4.43 Å². The van der Waals surface area contributed by atoms with Gasteiger partial charge in [0.25, 0.3) is 0 Å². The van der Waals surface area contributed by atoms with Crippen LogP contribution in [-0.2, 0) is 4.43 Å². The molecule has 0 fully saturated rings. The number of unbranched alkanes of at least 4 members (excludes halogenated alkanes) is 13. The van der Waals surface area contributed by atoms with Crippen LogP contribution in [0.1, 0.15) is 118 Å². The van der Waals surface area contributed by atoms with Crippen molar-refractivity contribution in [3.05, 3.63) is 0 Å². The summed E-state index contributed by atoms with van der Waals surface area (Å²) < 4.78 is 6.32. The topological polar surface area (TPSA) is 9.23 Å². The van der Waals surface area contributed by atoms with E-state index in [1.807, 2.05) is 0 Å². The standard InChI is InChI=1S/C22H48OSi/c1-5-9-10-11-12-13-14-15-16-17-18-19-20-21-22-23-24(6-2,7-3)8-4/h5-22H2,1-4H3. The summed E-state index contributed by atoms with van der Waals surface area (Å²) in [7, 11) is -1.32. The second-order valence-corrected chi connectivity index (χ2v) is 12.5. The molecule has 0 aromatic heterocycles. The molecule has 0 aliphatic heterocycles. The van der Waals surface area contributed by atoms with Gasteiger partial charge in [-0.1, -0.05) is 111 Å². The lowest BCUT2D eigenvalue weighted by Gasteiger charge is -2.27. The zero-order chi connectivity index (χ0) is 17.9. The summed E-state index contributed by atoms with van der Waals surface area (Å²) in [5, 5.41) is 0. The summed E-state index contributed by atoms with van der Waals surface area (Å²) in [6.45, 7) is 10.3. The minimum absolute atomic E-state index is 1.03. The van der Waals surface area contributed by atoms with E-state index < -0.39 is 8.32 Å². The van der Waals surface area contributed by atoms with E-state index >= 15 is 0 Å². The summed E-state index contributed by atoms with van der Waals surface area (Å²) in [6.07, 6.45) is 20.0. The molecule has 0 radical (unpaired) electrons. The molecule has 0 saturated carbocycles. The molecule has 0 unspecified atom stereocenters. The third-order valence-corrected chi connectivity index (χ3v) is 10.5. The smallest absolute Gasteiger partial charge is 0.191 e. The Labute approximate surface area is 155 Å². The average molecular weight is 357 g/mol. The Morgan fingerprint density at radius 1 is 0.458 bits per heavy atom. The highest BCUT2D eigenvalue weighted by Gasteiger charge is 2.27. The van der Waals surface area contributed by atoms with E-state index in [-0.39, 0.29) is 0 Å². The van der Waals surface area contributed by atoms with Crippen molar-refractivity contribution in [1.29, 1.82) is 0 Å². The molecule has 0 atom stereocenters. The summed E-state index contributed by atoms with van der Waals surface area (Å²) in [4.78, 5) is 0. The van der Waals surface area contributed by atoms with Crippen molar-refractivity contribution in [2.24, 2.45) is 0 Å². The van der Waals surface area contributed by atoms with Crippen molar-refractivity contribution >= 4 is 8.32 Å². The summed E-state index contributed by atoms with van der Waals surface area (Å²) in [5.41, 5.74) is 0. The van der Waals surface area contributed by atoms with Gasteiger partial charge in [-0.2, -0.15) is 0 Å². The quantitative estimate of drug-likeness (QED) is 0.166. The second kappa shape index (κ2) is 18.0. The van der Waals surface area contributed by atoms with E-state index in [0.717, 1.165) is 6.61 Å². The van der Waals surface area contributed by atoms with Gasteiger partial charge in [0.05, 0.1) is 0 Å². The minimum Gasteiger partial charge on any atom is -0.417 e. The molecule has 2 heteroatoms. The molecule has 24 heavy (non-hydrogen) atoms. The van der Waals surface area contributed by atoms with Crippen LogP contribution in [0, 0.1) is 0 Å². The van der Waals surface area contributed by atoms with Crippen molar-refractivity contribution in [2.75, 3.05) is 6.61 Å². The van der Waals surface area contributed by atoms with Crippen molar-refractivity contribution in [1.82, 2.24) is 0 Å². The lowest BCUT2D eigenvalue weighted by Crippen LogP contribution is -2.36. The molecule has 0 saturated heterocycles. The van der Waals surface area contributed by atoms with Gasteiger partial charge in [0.2, 0.25) is 0 Å². The molecule has 0 N–H and O–H groups in total. The van der Waals surface area contributed by atoms with Crippen LogP contribution in [0.4, 0.5) is 0 Å². The zero-order valence-corrected chi connectivity index (χ0v) is 18.6. The largest absolute Gasteiger partial charge is 0.417 e. The third-order valence-electron chi connectivity index (χ3n) is 5.84. The number of hydrogen-bond donors (Lipinski definition) is 0. The van der Waals surface area contributed by atoms with Crippen LogP contribution in [0.25, 0.3) is 0 Å². The molecule has 1 nitrogen and oxygen atoms in total. The minimum atomic E-state index is -1.32. The molecule has 0 heterocycles. The van der Waals surface area contributed by atoms with Gasteiger partial charge in [-0.25, -0.2) is 0 Å². The van der Waals surface area contributed by atoms with Gasteiger partial charge >= 0.3 is 0 Å². The van der Waals surface area contributed by atoms with Gasteiger partial charge in [-0.05, 0) is 24.6 Å². The van der Waals surface area contributed by atoms with Crippen LogP contribution < -0.4 is 0 Å². The number of rotatable bonds is 19. The normalized spacial score (nSPS) is 12.0. The monoisotopic (exact) mass is 356 g/mol. The zero-order valence-electron chi connectivity index (χ0n) is 17.6. The fraction of sp³-hybridized carbons (Fsp3) is 1.00. The molecule has 0 aliphatic rings. The maximum absolute atomic E-state index is 6.32. The predicted octanol–water partition coefficient (Wildman–Crippen LogP) is 8.49. The summed E-state index contributed by atoms with van der Waals surface area (Å²) in [6, 6.07) is 3.87. The van der Waals surface area contributed by atoms with Crippen LogP contribution >= 0.6 is 0 Å². The summed E-state index contributed by atoms with van der Waals surface area (Å²) in [5.74, 6) is 0. The first-order chi connectivity index (χ1) is 11.7. The molecule has 0 aliphatic carbocycles. The molecule has 0 aromatic rings.